The largest absolute Gasteiger partial charge is 0.495 e. The fourth-order valence-corrected chi connectivity index (χ4v) is 2.35. The number of amides is 2. The van der Waals surface area contributed by atoms with Crippen molar-refractivity contribution in [2.24, 2.45) is 0 Å². The summed E-state index contributed by atoms with van der Waals surface area (Å²) < 4.78 is 5.22. The van der Waals surface area contributed by atoms with Crippen LogP contribution in [0.15, 0.2) is 73.1 Å². The van der Waals surface area contributed by atoms with Crippen molar-refractivity contribution >= 4 is 23.2 Å². The molecule has 0 spiro atoms. The molecule has 0 radical (unpaired) electrons. The molecule has 0 aliphatic carbocycles. The average Bonchev–Trinajstić information content (AvgIpc) is 2.69. The number of methoxy groups -OCH3 is 1. The van der Waals surface area contributed by atoms with Crippen LogP contribution >= 0.6 is 0 Å². The van der Waals surface area contributed by atoms with Crippen LogP contribution in [-0.2, 0) is 0 Å². The molecular weight excluding hydrogens is 330 g/mol. The molecule has 0 aliphatic heterocycles. The van der Waals surface area contributed by atoms with Crippen LogP contribution in [0.3, 0.4) is 0 Å². The van der Waals surface area contributed by atoms with E-state index in [0.717, 1.165) is 0 Å². The highest BCUT2D eigenvalue weighted by atomic mass is 16.5. The summed E-state index contributed by atoms with van der Waals surface area (Å²) >= 11 is 0. The van der Waals surface area contributed by atoms with Crippen LogP contribution in [0.5, 0.6) is 5.75 Å². The molecule has 0 aliphatic rings. The first-order valence-electron chi connectivity index (χ1n) is 7.93. The van der Waals surface area contributed by atoms with E-state index in [1.165, 1.54) is 6.20 Å². The SMILES string of the molecule is COc1ccccc1NC(=O)c1ccc(NC(=O)c2cccnc2)cc1. The van der Waals surface area contributed by atoms with E-state index in [0.29, 0.717) is 28.3 Å². The molecular formula is C20H17N3O3. The number of carbonyl (C=O) groups excluding carboxylic acids is 2. The summed E-state index contributed by atoms with van der Waals surface area (Å²) in [6.07, 6.45) is 3.09. The van der Waals surface area contributed by atoms with Gasteiger partial charge in [0.1, 0.15) is 5.75 Å². The Hall–Kier alpha value is -3.67. The van der Waals surface area contributed by atoms with Crippen LogP contribution in [0.2, 0.25) is 0 Å². The van der Waals surface area contributed by atoms with Gasteiger partial charge in [-0.3, -0.25) is 14.6 Å². The van der Waals surface area contributed by atoms with Crippen LogP contribution in [-0.4, -0.2) is 23.9 Å². The number of benzene rings is 2. The fraction of sp³-hybridized carbons (Fsp3) is 0.0500. The lowest BCUT2D eigenvalue weighted by atomic mass is 10.1. The summed E-state index contributed by atoms with van der Waals surface area (Å²) in [6, 6.07) is 17.2. The van der Waals surface area contributed by atoms with Crippen molar-refractivity contribution in [3.8, 4) is 5.75 Å². The van der Waals surface area contributed by atoms with E-state index in [4.69, 9.17) is 4.74 Å². The van der Waals surface area contributed by atoms with Crippen LogP contribution in [0.1, 0.15) is 20.7 Å². The summed E-state index contributed by atoms with van der Waals surface area (Å²) in [7, 11) is 1.55. The highest BCUT2D eigenvalue weighted by Gasteiger charge is 2.10. The molecule has 0 atom stereocenters. The van der Waals surface area contributed by atoms with E-state index >= 15 is 0 Å². The molecule has 130 valence electrons. The van der Waals surface area contributed by atoms with Gasteiger partial charge in [-0.25, -0.2) is 0 Å². The minimum Gasteiger partial charge on any atom is -0.495 e. The van der Waals surface area contributed by atoms with Gasteiger partial charge < -0.3 is 15.4 Å². The molecule has 2 aromatic carbocycles. The summed E-state index contributed by atoms with van der Waals surface area (Å²) in [5.74, 6) is 0.0603. The Morgan fingerprint density at radius 2 is 1.58 bits per heavy atom. The summed E-state index contributed by atoms with van der Waals surface area (Å²) in [6.45, 7) is 0. The van der Waals surface area contributed by atoms with E-state index < -0.39 is 0 Å². The van der Waals surface area contributed by atoms with E-state index in [-0.39, 0.29) is 11.8 Å². The number of anilines is 2. The molecule has 6 heteroatoms. The highest BCUT2D eigenvalue weighted by Crippen LogP contribution is 2.23. The third-order valence-corrected chi connectivity index (χ3v) is 3.68. The lowest BCUT2D eigenvalue weighted by Crippen LogP contribution is -2.14. The van der Waals surface area contributed by atoms with E-state index in [1.807, 2.05) is 12.1 Å². The quantitative estimate of drug-likeness (QED) is 0.739. The van der Waals surface area contributed by atoms with Gasteiger partial charge in [-0.05, 0) is 48.5 Å². The zero-order valence-corrected chi connectivity index (χ0v) is 14.1. The molecule has 0 saturated heterocycles. The molecule has 0 bridgehead atoms. The van der Waals surface area contributed by atoms with Gasteiger partial charge in [0.15, 0.2) is 0 Å². The Balaban J connectivity index is 1.67. The van der Waals surface area contributed by atoms with Gasteiger partial charge >= 0.3 is 0 Å². The van der Waals surface area contributed by atoms with Crippen molar-refractivity contribution in [2.45, 2.75) is 0 Å². The fourth-order valence-electron chi connectivity index (χ4n) is 2.35. The van der Waals surface area contributed by atoms with Crippen LogP contribution in [0, 0.1) is 0 Å². The zero-order valence-electron chi connectivity index (χ0n) is 14.1. The Morgan fingerprint density at radius 3 is 2.27 bits per heavy atom. The molecule has 0 unspecified atom stereocenters. The third-order valence-electron chi connectivity index (χ3n) is 3.68. The first-order valence-corrected chi connectivity index (χ1v) is 7.93. The number of carbonyl (C=O) groups is 2. The lowest BCUT2D eigenvalue weighted by Gasteiger charge is -2.10. The van der Waals surface area contributed by atoms with Gasteiger partial charge in [0, 0.05) is 23.6 Å². The van der Waals surface area contributed by atoms with Crippen LogP contribution in [0.4, 0.5) is 11.4 Å². The van der Waals surface area contributed by atoms with Crippen molar-refractivity contribution in [3.05, 3.63) is 84.2 Å². The molecule has 2 N–H and O–H groups in total. The second-order valence-corrected chi connectivity index (χ2v) is 5.43. The van der Waals surface area contributed by atoms with Crippen LogP contribution < -0.4 is 15.4 Å². The van der Waals surface area contributed by atoms with E-state index in [1.54, 1.807) is 61.8 Å². The van der Waals surface area contributed by atoms with Gasteiger partial charge in [0.2, 0.25) is 0 Å². The van der Waals surface area contributed by atoms with E-state index in [9.17, 15) is 9.59 Å². The van der Waals surface area contributed by atoms with Gasteiger partial charge in [-0.1, -0.05) is 12.1 Å². The monoisotopic (exact) mass is 347 g/mol. The predicted octanol–water partition coefficient (Wildman–Crippen LogP) is 3.59. The summed E-state index contributed by atoms with van der Waals surface area (Å²) in [5, 5.41) is 5.57. The van der Waals surface area contributed by atoms with Crippen molar-refractivity contribution in [1.29, 1.82) is 0 Å². The Labute approximate surface area is 150 Å². The van der Waals surface area contributed by atoms with Gasteiger partial charge in [-0.15, -0.1) is 0 Å². The minimum atomic E-state index is -0.264. The first-order chi connectivity index (χ1) is 12.7. The molecule has 26 heavy (non-hydrogen) atoms. The molecule has 3 rings (SSSR count). The van der Waals surface area contributed by atoms with Gasteiger partial charge in [0.25, 0.3) is 11.8 Å². The predicted molar refractivity (Wildman–Crippen MR) is 99.6 cm³/mol. The van der Waals surface area contributed by atoms with Crippen molar-refractivity contribution in [2.75, 3.05) is 17.7 Å². The molecule has 1 heterocycles. The number of hydrogen-bond donors (Lipinski definition) is 2. The second kappa shape index (κ2) is 7.94. The maximum Gasteiger partial charge on any atom is 0.257 e. The average molecular weight is 347 g/mol. The van der Waals surface area contributed by atoms with E-state index in [2.05, 4.69) is 15.6 Å². The molecule has 3 aromatic rings. The number of nitrogens with one attached hydrogen (secondary N) is 2. The van der Waals surface area contributed by atoms with Crippen molar-refractivity contribution in [3.63, 3.8) is 0 Å². The van der Waals surface area contributed by atoms with Crippen molar-refractivity contribution < 1.29 is 14.3 Å². The minimum absolute atomic E-state index is 0.260. The number of nitrogens with zero attached hydrogens (tertiary/aromatic N) is 1. The Morgan fingerprint density at radius 1 is 0.846 bits per heavy atom. The van der Waals surface area contributed by atoms with Gasteiger partial charge in [-0.2, -0.15) is 0 Å². The maximum absolute atomic E-state index is 12.4. The number of ether oxygens (including phenoxy) is 1. The molecule has 6 nitrogen and oxygen atoms in total. The number of para-hydroxylation sites is 2. The zero-order chi connectivity index (χ0) is 18.4. The number of hydrogen-bond acceptors (Lipinski definition) is 4. The standard InChI is InChI=1S/C20H17N3O3/c1-26-18-7-3-2-6-17(18)23-19(24)14-8-10-16(11-9-14)22-20(25)15-5-4-12-21-13-15/h2-13H,1H3,(H,22,25)(H,23,24). The summed E-state index contributed by atoms with van der Waals surface area (Å²) in [5.41, 5.74) is 2.11. The molecule has 0 saturated carbocycles. The Bertz CT molecular complexity index is 909. The highest BCUT2D eigenvalue weighted by molar-refractivity contribution is 6.06. The number of aromatic nitrogens is 1. The molecule has 2 amide bonds. The van der Waals surface area contributed by atoms with Gasteiger partial charge in [0.05, 0.1) is 18.4 Å². The summed E-state index contributed by atoms with van der Waals surface area (Å²) in [4.78, 5) is 28.4. The van der Waals surface area contributed by atoms with Crippen molar-refractivity contribution in [1.82, 2.24) is 4.98 Å². The lowest BCUT2D eigenvalue weighted by molar-refractivity contribution is 0.101. The van der Waals surface area contributed by atoms with Crippen LogP contribution in [0.25, 0.3) is 0 Å². The normalized spacial score (nSPS) is 10.0. The smallest absolute Gasteiger partial charge is 0.257 e. The number of rotatable bonds is 5. The second-order valence-electron chi connectivity index (χ2n) is 5.43. The molecule has 0 fully saturated rings. The molecule has 1 aromatic heterocycles. The third kappa shape index (κ3) is 4.05. The Kier molecular flexibility index (Phi) is 5.24. The number of pyridine rings is 1. The first kappa shape index (κ1) is 17.2. The maximum atomic E-state index is 12.4. The topological polar surface area (TPSA) is 80.3 Å².